The zero-order valence-corrected chi connectivity index (χ0v) is 20.3. The predicted octanol–water partition coefficient (Wildman–Crippen LogP) is 5.95. The standard InChI is InChI=1S/C26H22ClF3N2O5/c1-37-21-11-20(32(36)12-18(21)22-16(24(29)30)8-9-19(27)23(22)28)17(10-13-2-3-13)25(33)31-15-6-4-14(5-7-15)26(34)35/h4-9,11-13,17,24H,2-3,10H2,1H3,(H,31,33)(H,34,35)/t17-/m1/s1. The van der Waals surface area contributed by atoms with E-state index in [4.69, 9.17) is 21.4 Å². The van der Waals surface area contributed by atoms with Gasteiger partial charge in [0.1, 0.15) is 17.5 Å². The van der Waals surface area contributed by atoms with E-state index < -0.39 is 46.2 Å². The lowest BCUT2D eigenvalue weighted by molar-refractivity contribution is -0.614. The fourth-order valence-electron chi connectivity index (χ4n) is 4.14. The van der Waals surface area contributed by atoms with Gasteiger partial charge in [0.15, 0.2) is 6.20 Å². The number of ether oxygens (including phenoxy) is 1. The number of carboxylic acids is 1. The zero-order valence-electron chi connectivity index (χ0n) is 19.5. The number of aromatic nitrogens is 1. The number of pyridine rings is 1. The van der Waals surface area contributed by atoms with Gasteiger partial charge < -0.3 is 20.4 Å². The molecule has 1 aliphatic carbocycles. The summed E-state index contributed by atoms with van der Waals surface area (Å²) in [5.74, 6) is -3.56. The molecule has 0 spiro atoms. The van der Waals surface area contributed by atoms with Gasteiger partial charge in [-0.1, -0.05) is 30.5 Å². The van der Waals surface area contributed by atoms with E-state index in [9.17, 15) is 28.0 Å². The van der Waals surface area contributed by atoms with Crippen LogP contribution in [0.25, 0.3) is 11.1 Å². The number of amides is 1. The van der Waals surface area contributed by atoms with E-state index in [1.807, 2.05) is 0 Å². The van der Waals surface area contributed by atoms with Crippen molar-refractivity contribution >= 4 is 29.2 Å². The zero-order chi connectivity index (χ0) is 26.9. The van der Waals surface area contributed by atoms with Gasteiger partial charge in [-0.3, -0.25) is 4.79 Å². The molecule has 7 nitrogen and oxygen atoms in total. The van der Waals surface area contributed by atoms with Gasteiger partial charge in [0.25, 0.3) is 6.43 Å². The van der Waals surface area contributed by atoms with Crippen molar-refractivity contribution in [2.24, 2.45) is 5.92 Å². The smallest absolute Gasteiger partial charge is 0.335 e. The van der Waals surface area contributed by atoms with Gasteiger partial charge in [0.2, 0.25) is 11.6 Å². The fraction of sp³-hybridized carbons (Fsp3) is 0.269. The van der Waals surface area contributed by atoms with Gasteiger partial charge in [-0.15, -0.1) is 0 Å². The van der Waals surface area contributed by atoms with Crippen LogP contribution in [-0.4, -0.2) is 24.1 Å². The second-order valence-corrected chi connectivity index (χ2v) is 9.14. The van der Waals surface area contributed by atoms with Crippen LogP contribution >= 0.6 is 11.6 Å². The average Bonchev–Trinajstić information content (AvgIpc) is 3.68. The predicted molar refractivity (Wildman–Crippen MR) is 129 cm³/mol. The number of anilines is 1. The summed E-state index contributed by atoms with van der Waals surface area (Å²) < 4.78 is 48.0. The first-order chi connectivity index (χ1) is 17.6. The molecular weight excluding hydrogens is 513 g/mol. The normalized spacial score (nSPS) is 13.9. The highest BCUT2D eigenvalue weighted by molar-refractivity contribution is 6.31. The number of hydrogen-bond donors (Lipinski definition) is 2. The lowest BCUT2D eigenvalue weighted by Crippen LogP contribution is -2.37. The van der Waals surface area contributed by atoms with Crippen LogP contribution in [0.3, 0.4) is 0 Å². The third-order valence-electron chi connectivity index (χ3n) is 6.24. The lowest BCUT2D eigenvalue weighted by Gasteiger charge is -2.19. The monoisotopic (exact) mass is 534 g/mol. The maximum atomic E-state index is 14.9. The second kappa shape index (κ2) is 10.7. The molecule has 0 bridgehead atoms. The summed E-state index contributed by atoms with van der Waals surface area (Å²) in [4.78, 5) is 24.3. The highest BCUT2D eigenvalue weighted by Crippen LogP contribution is 2.42. The van der Waals surface area contributed by atoms with Crippen molar-refractivity contribution in [3.8, 4) is 16.9 Å². The van der Waals surface area contributed by atoms with Crippen LogP contribution in [-0.2, 0) is 4.79 Å². The number of halogens is 4. The maximum Gasteiger partial charge on any atom is 0.335 e. The minimum atomic E-state index is -3.05. The van der Waals surface area contributed by atoms with Gasteiger partial charge >= 0.3 is 5.97 Å². The molecule has 2 N–H and O–H groups in total. The van der Waals surface area contributed by atoms with Crippen molar-refractivity contribution in [1.82, 2.24) is 0 Å². The molecule has 1 aliphatic rings. The summed E-state index contributed by atoms with van der Waals surface area (Å²) >= 11 is 5.84. The number of alkyl halides is 2. The number of nitrogens with zero attached hydrogens (tertiary/aromatic N) is 1. The molecule has 0 aliphatic heterocycles. The first-order valence-electron chi connectivity index (χ1n) is 11.3. The van der Waals surface area contributed by atoms with Crippen LogP contribution < -0.4 is 14.8 Å². The Bertz CT molecular complexity index is 1350. The van der Waals surface area contributed by atoms with Crippen molar-refractivity contribution in [3.63, 3.8) is 0 Å². The molecule has 3 aromatic rings. The summed E-state index contributed by atoms with van der Waals surface area (Å²) in [6.07, 6.45) is -0.0266. The number of carboxylic acid groups (broad SMARTS) is 1. The molecule has 194 valence electrons. The molecule has 1 fully saturated rings. The van der Waals surface area contributed by atoms with Crippen molar-refractivity contribution in [1.29, 1.82) is 0 Å². The quantitative estimate of drug-likeness (QED) is 0.261. The van der Waals surface area contributed by atoms with Crippen molar-refractivity contribution in [2.45, 2.75) is 31.6 Å². The van der Waals surface area contributed by atoms with Crippen molar-refractivity contribution < 1.29 is 37.3 Å². The molecule has 1 aromatic heterocycles. The van der Waals surface area contributed by atoms with Crippen LogP contribution in [0.4, 0.5) is 18.9 Å². The molecule has 11 heteroatoms. The molecule has 1 atom stereocenters. The van der Waals surface area contributed by atoms with Gasteiger partial charge in [-0.2, -0.15) is 4.73 Å². The maximum absolute atomic E-state index is 14.9. The Balaban J connectivity index is 1.74. The number of carbonyl (C=O) groups is 2. The minimum Gasteiger partial charge on any atom is -0.618 e. The Labute approximate surface area is 215 Å². The van der Waals surface area contributed by atoms with E-state index in [0.717, 1.165) is 31.2 Å². The minimum absolute atomic E-state index is 0.00631. The van der Waals surface area contributed by atoms with Crippen molar-refractivity contribution in [2.75, 3.05) is 12.4 Å². The number of aromatic carboxylic acids is 1. The lowest BCUT2D eigenvalue weighted by atomic mass is 9.94. The first kappa shape index (κ1) is 26.3. The largest absolute Gasteiger partial charge is 0.618 e. The molecule has 1 saturated carbocycles. The average molecular weight is 535 g/mol. The van der Waals surface area contributed by atoms with E-state index in [1.54, 1.807) is 0 Å². The Morgan fingerprint density at radius 2 is 1.89 bits per heavy atom. The molecular formula is C26H22ClF3N2O5. The van der Waals surface area contributed by atoms with Crippen LogP contribution in [0, 0.1) is 16.9 Å². The van der Waals surface area contributed by atoms with Crippen LogP contribution in [0.2, 0.25) is 5.02 Å². The Kier molecular flexibility index (Phi) is 7.58. The number of nitrogens with one attached hydrogen (secondary N) is 1. The van der Waals surface area contributed by atoms with Crippen LogP contribution in [0.1, 0.15) is 53.2 Å². The molecule has 0 saturated heterocycles. The number of carbonyl (C=O) groups excluding carboxylic acids is 1. The van der Waals surface area contributed by atoms with E-state index in [0.29, 0.717) is 16.8 Å². The number of rotatable bonds is 9. The first-order valence-corrected chi connectivity index (χ1v) is 11.7. The molecule has 4 rings (SSSR count). The Morgan fingerprint density at radius 1 is 1.22 bits per heavy atom. The number of methoxy groups -OCH3 is 1. The van der Waals surface area contributed by atoms with Gasteiger partial charge in [0.05, 0.1) is 29.3 Å². The van der Waals surface area contributed by atoms with E-state index in [1.165, 1.54) is 37.4 Å². The number of hydrogen-bond acceptors (Lipinski definition) is 4. The van der Waals surface area contributed by atoms with Gasteiger partial charge in [0, 0.05) is 16.8 Å². The summed E-state index contributed by atoms with van der Waals surface area (Å²) in [6.45, 7) is 0. The highest BCUT2D eigenvalue weighted by Gasteiger charge is 2.36. The molecule has 0 radical (unpaired) electrons. The molecule has 37 heavy (non-hydrogen) atoms. The summed E-state index contributed by atoms with van der Waals surface area (Å²) in [5.41, 5.74) is -1.08. The van der Waals surface area contributed by atoms with E-state index in [-0.39, 0.29) is 28.5 Å². The molecule has 2 aromatic carbocycles. The van der Waals surface area contributed by atoms with Gasteiger partial charge in [-0.05, 0) is 42.7 Å². The molecule has 1 heterocycles. The van der Waals surface area contributed by atoms with Crippen molar-refractivity contribution in [3.05, 3.63) is 81.5 Å². The third-order valence-corrected chi connectivity index (χ3v) is 6.53. The Morgan fingerprint density at radius 3 is 2.46 bits per heavy atom. The fourth-order valence-corrected chi connectivity index (χ4v) is 4.30. The topological polar surface area (TPSA) is 103 Å². The second-order valence-electron chi connectivity index (χ2n) is 8.74. The molecule has 0 unspecified atom stereocenters. The highest BCUT2D eigenvalue weighted by atomic mass is 35.5. The van der Waals surface area contributed by atoms with Crippen LogP contribution in [0.15, 0.2) is 48.7 Å². The summed E-state index contributed by atoms with van der Waals surface area (Å²) in [7, 11) is 1.24. The van der Waals surface area contributed by atoms with Crippen LogP contribution in [0.5, 0.6) is 5.75 Å². The third kappa shape index (κ3) is 5.64. The number of benzene rings is 2. The molecule has 1 amide bonds. The summed E-state index contributed by atoms with van der Waals surface area (Å²) in [6, 6.07) is 8.76. The SMILES string of the molecule is COc1cc([C@@H](CC2CC2)C(=O)Nc2ccc(C(=O)O)cc2)[n+]([O-])cc1-c1c(C(F)F)ccc(Cl)c1F. The van der Waals surface area contributed by atoms with E-state index in [2.05, 4.69) is 5.32 Å². The summed E-state index contributed by atoms with van der Waals surface area (Å²) in [5, 5.41) is 24.5. The van der Waals surface area contributed by atoms with Gasteiger partial charge in [-0.25, -0.2) is 18.0 Å². The Hall–Kier alpha value is -3.79. The van der Waals surface area contributed by atoms with E-state index >= 15 is 0 Å².